The Bertz CT molecular complexity index is 1010. The van der Waals surface area contributed by atoms with Gasteiger partial charge in [-0.2, -0.15) is 0 Å². The van der Waals surface area contributed by atoms with Crippen molar-refractivity contribution in [2.75, 3.05) is 37.8 Å². The number of esters is 2. The zero-order chi connectivity index (χ0) is 21.7. The molecule has 3 rings (SSSR count). The van der Waals surface area contributed by atoms with E-state index in [-0.39, 0.29) is 30.5 Å². The lowest BCUT2D eigenvalue weighted by atomic mass is 10.1. The number of benzene rings is 2. The highest BCUT2D eigenvalue weighted by atomic mass is 79.9. The van der Waals surface area contributed by atoms with E-state index < -0.39 is 11.9 Å². The number of rotatable bonds is 5. The maximum Gasteiger partial charge on any atom is 0.355 e. The summed E-state index contributed by atoms with van der Waals surface area (Å²) in [5.74, 6) is -1.62. The largest absolute Gasteiger partial charge is 0.466 e. The molecule has 1 N–H and O–H groups in total. The number of nitrogens with one attached hydrogen (secondary N) is 1. The van der Waals surface area contributed by atoms with Crippen LogP contribution in [-0.2, 0) is 23.8 Å². The Kier molecular flexibility index (Phi) is 6.86. The Hall–Kier alpha value is -3.17. The van der Waals surface area contributed by atoms with Crippen molar-refractivity contribution in [3.8, 4) is 0 Å². The third-order valence-electron chi connectivity index (χ3n) is 4.38. The van der Waals surface area contributed by atoms with Crippen molar-refractivity contribution in [1.29, 1.82) is 0 Å². The number of hydrogen-bond donors (Lipinski definition) is 1. The van der Waals surface area contributed by atoms with Gasteiger partial charge in [0, 0.05) is 15.7 Å². The molecule has 30 heavy (non-hydrogen) atoms. The van der Waals surface area contributed by atoms with E-state index >= 15 is 0 Å². The van der Waals surface area contributed by atoms with Gasteiger partial charge in [-0.05, 0) is 46.3 Å². The van der Waals surface area contributed by atoms with E-state index in [2.05, 4.69) is 21.2 Å². The Morgan fingerprint density at radius 3 is 2.37 bits per heavy atom. The van der Waals surface area contributed by atoms with Gasteiger partial charge >= 0.3 is 11.9 Å². The monoisotopic (exact) mass is 474 g/mol. The summed E-state index contributed by atoms with van der Waals surface area (Å²) in [5, 5.41) is 2.82. The van der Waals surface area contributed by atoms with Crippen LogP contribution in [0.5, 0.6) is 0 Å². The second kappa shape index (κ2) is 9.55. The van der Waals surface area contributed by atoms with Crippen molar-refractivity contribution in [3.63, 3.8) is 0 Å². The molecule has 0 saturated carbocycles. The molecule has 1 aliphatic rings. The van der Waals surface area contributed by atoms with Crippen LogP contribution in [0.25, 0.3) is 0 Å². The fourth-order valence-corrected chi connectivity index (χ4v) is 3.37. The van der Waals surface area contributed by atoms with Crippen LogP contribution in [0, 0.1) is 0 Å². The van der Waals surface area contributed by atoms with Gasteiger partial charge in [-0.1, -0.05) is 18.2 Å². The highest BCUT2D eigenvalue weighted by molar-refractivity contribution is 9.10. The molecule has 9 heteroatoms. The molecule has 0 atom stereocenters. The predicted molar refractivity (Wildman–Crippen MR) is 113 cm³/mol. The first kappa shape index (κ1) is 21.5. The molecular formula is C21H19BrN2O6. The summed E-state index contributed by atoms with van der Waals surface area (Å²) in [6.45, 7) is -0.0346. The van der Waals surface area contributed by atoms with Crippen molar-refractivity contribution >= 4 is 45.2 Å². The number of halogens is 1. The van der Waals surface area contributed by atoms with Crippen LogP contribution >= 0.6 is 15.9 Å². The summed E-state index contributed by atoms with van der Waals surface area (Å²) in [6.07, 6.45) is 0. The van der Waals surface area contributed by atoms with Gasteiger partial charge in [0.15, 0.2) is 0 Å². The molecule has 0 fully saturated rings. The van der Waals surface area contributed by atoms with E-state index in [0.717, 1.165) is 0 Å². The van der Waals surface area contributed by atoms with Crippen molar-refractivity contribution in [3.05, 3.63) is 69.8 Å². The number of nitrogens with zero attached hydrogens (tertiary/aromatic N) is 1. The topological polar surface area (TPSA) is 94.2 Å². The number of anilines is 2. The van der Waals surface area contributed by atoms with E-state index in [1.54, 1.807) is 42.5 Å². The molecule has 0 unspecified atom stereocenters. The second-order valence-electron chi connectivity index (χ2n) is 6.20. The van der Waals surface area contributed by atoms with E-state index in [0.29, 0.717) is 21.4 Å². The summed E-state index contributed by atoms with van der Waals surface area (Å²) in [7, 11) is 2.46. The van der Waals surface area contributed by atoms with Crippen LogP contribution in [0.1, 0.15) is 10.4 Å². The molecule has 0 saturated heterocycles. The van der Waals surface area contributed by atoms with E-state index in [1.165, 1.54) is 19.1 Å². The lowest BCUT2D eigenvalue weighted by molar-refractivity contribution is -0.140. The van der Waals surface area contributed by atoms with E-state index in [4.69, 9.17) is 14.2 Å². The lowest BCUT2D eigenvalue weighted by Gasteiger charge is -2.31. The molecule has 1 aliphatic heterocycles. The Labute approximate surface area is 181 Å². The van der Waals surface area contributed by atoms with Gasteiger partial charge in [0.05, 0.1) is 32.1 Å². The number of hydrogen-bond acceptors (Lipinski definition) is 7. The minimum absolute atomic E-state index is 0.0348. The summed E-state index contributed by atoms with van der Waals surface area (Å²) >= 11 is 3.44. The number of ether oxygens (including phenoxy) is 3. The third kappa shape index (κ3) is 4.52. The van der Waals surface area contributed by atoms with Gasteiger partial charge in [-0.25, -0.2) is 9.59 Å². The van der Waals surface area contributed by atoms with E-state index in [1.807, 2.05) is 6.07 Å². The Morgan fingerprint density at radius 2 is 1.73 bits per heavy atom. The molecule has 1 heterocycles. The standard InChI is InChI=1S/C21H19BrN2O6/c1-28-20(26)15-11-30-12-24(18(15)21(27)29-2)14-8-9-17(16(22)10-14)23-19(25)13-6-4-3-5-7-13/h3-10H,11-12H2,1-2H3,(H,23,25). The molecule has 8 nitrogen and oxygen atoms in total. The molecule has 156 valence electrons. The highest BCUT2D eigenvalue weighted by Gasteiger charge is 2.32. The third-order valence-corrected chi connectivity index (χ3v) is 5.04. The highest BCUT2D eigenvalue weighted by Crippen LogP contribution is 2.32. The van der Waals surface area contributed by atoms with Gasteiger partial charge in [-0.15, -0.1) is 0 Å². The van der Waals surface area contributed by atoms with Gasteiger partial charge in [0.25, 0.3) is 5.91 Å². The summed E-state index contributed by atoms with van der Waals surface area (Å²) in [4.78, 5) is 38.4. The maximum absolute atomic E-state index is 12.4. The van der Waals surface area contributed by atoms with Gasteiger partial charge in [0.2, 0.25) is 0 Å². The minimum Gasteiger partial charge on any atom is -0.466 e. The summed E-state index contributed by atoms with van der Waals surface area (Å²) in [5.41, 5.74) is 1.73. The first-order valence-electron chi connectivity index (χ1n) is 8.87. The SMILES string of the molecule is COC(=O)C1=C(C(=O)OC)N(c2ccc(NC(=O)c3ccccc3)c(Br)c2)COC1. The first-order valence-corrected chi connectivity index (χ1v) is 9.66. The van der Waals surface area contributed by atoms with E-state index in [9.17, 15) is 14.4 Å². The fraction of sp³-hybridized carbons (Fsp3) is 0.190. The molecule has 0 radical (unpaired) electrons. The maximum atomic E-state index is 12.4. The van der Waals surface area contributed by atoms with Crippen molar-refractivity contribution in [2.24, 2.45) is 0 Å². The number of carbonyl (C=O) groups excluding carboxylic acids is 3. The van der Waals surface area contributed by atoms with Crippen LogP contribution in [-0.4, -0.2) is 45.4 Å². The Balaban J connectivity index is 1.91. The number of methoxy groups -OCH3 is 2. The quantitative estimate of drug-likeness (QED) is 0.665. The van der Waals surface area contributed by atoms with Crippen LogP contribution in [0.3, 0.4) is 0 Å². The van der Waals surface area contributed by atoms with Crippen LogP contribution in [0.15, 0.2) is 64.3 Å². The van der Waals surface area contributed by atoms with Crippen molar-refractivity contribution in [1.82, 2.24) is 0 Å². The smallest absolute Gasteiger partial charge is 0.355 e. The first-order chi connectivity index (χ1) is 14.5. The lowest BCUT2D eigenvalue weighted by Crippen LogP contribution is -2.38. The molecule has 1 amide bonds. The van der Waals surface area contributed by atoms with Crippen molar-refractivity contribution < 1.29 is 28.6 Å². The predicted octanol–water partition coefficient (Wildman–Crippen LogP) is 3.10. The second-order valence-corrected chi connectivity index (χ2v) is 7.05. The minimum atomic E-state index is -0.684. The van der Waals surface area contributed by atoms with Crippen LogP contribution in [0.4, 0.5) is 11.4 Å². The summed E-state index contributed by atoms with van der Waals surface area (Å²) < 4.78 is 15.7. The summed E-state index contributed by atoms with van der Waals surface area (Å²) in [6, 6.07) is 13.9. The van der Waals surface area contributed by atoms with Gasteiger partial charge < -0.3 is 24.4 Å². The zero-order valence-electron chi connectivity index (χ0n) is 16.3. The average Bonchev–Trinajstić information content (AvgIpc) is 2.79. The molecular weight excluding hydrogens is 456 g/mol. The van der Waals surface area contributed by atoms with Crippen LogP contribution < -0.4 is 10.2 Å². The molecule has 0 spiro atoms. The molecule has 2 aromatic carbocycles. The number of carbonyl (C=O) groups is 3. The van der Waals surface area contributed by atoms with Gasteiger partial charge in [0.1, 0.15) is 12.4 Å². The van der Waals surface area contributed by atoms with Crippen LogP contribution in [0.2, 0.25) is 0 Å². The Morgan fingerprint density at radius 1 is 1.03 bits per heavy atom. The number of amides is 1. The molecule has 2 aromatic rings. The normalized spacial score (nSPS) is 13.6. The fourth-order valence-electron chi connectivity index (χ4n) is 2.90. The van der Waals surface area contributed by atoms with Gasteiger partial charge in [-0.3, -0.25) is 4.79 Å². The van der Waals surface area contributed by atoms with Crippen molar-refractivity contribution in [2.45, 2.75) is 0 Å². The zero-order valence-corrected chi connectivity index (χ0v) is 17.9. The molecule has 0 aromatic heterocycles. The molecule has 0 bridgehead atoms. The molecule has 0 aliphatic carbocycles. The average molecular weight is 475 g/mol.